The maximum atomic E-state index is 14.1. The highest BCUT2D eigenvalue weighted by atomic mass is 16.5. The van der Waals surface area contributed by atoms with Gasteiger partial charge in [0.2, 0.25) is 23.6 Å². The van der Waals surface area contributed by atoms with Crippen molar-refractivity contribution in [2.24, 2.45) is 34.2 Å². The lowest BCUT2D eigenvalue weighted by molar-refractivity contribution is -0.146. The molecule has 5 amide bonds. The fourth-order valence-electron chi connectivity index (χ4n) is 6.38. The van der Waals surface area contributed by atoms with Crippen LogP contribution in [0.1, 0.15) is 65.9 Å². The number of carboxylic acids is 2. The summed E-state index contributed by atoms with van der Waals surface area (Å²) < 4.78 is 5.79. The number of rotatable bonds is 13. The number of likely N-dealkylation sites (N-methyl/N-ethyl adjacent to an activating group) is 1. The second-order valence-electron chi connectivity index (χ2n) is 14.6. The first-order chi connectivity index (χ1) is 27.8. The Kier molecular flexibility index (Phi) is 20.0. The van der Waals surface area contributed by atoms with E-state index in [1.807, 2.05) is 50.3 Å². The maximum absolute atomic E-state index is 14.1. The predicted molar refractivity (Wildman–Crippen MR) is 220 cm³/mol. The van der Waals surface area contributed by atoms with Gasteiger partial charge in [0.25, 0.3) is 5.91 Å². The molecule has 2 unspecified atom stereocenters. The third kappa shape index (κ3) is 15.7. The lowest BCUT2D eigenvalue weighted by Gasteiger charge is -2.28. The molecule has 59 heavy (non-hydrogen) atoms. The van der Waals surface area contributed by atoms with Crippen molar-refractivity contribution in [3.05, 3.63) is 71.5 Å². The van der Waals surface area contributed by atoms with Crippen LogP contribution in [0.2, 0.25) is 0 Å². The topological polar surface area (TPSA) is 285 Å². The van der Waals surface area contributed by atoms with Crippen LogP contribution in [-0.4, -0.2) is 114 Å². The Morgan fingerprint density at radius 1 is 0.966 bits per heavy atom. The molecule has 1 aliphatic heterocycles. The van der Waals surface area contributed by atoms with Gasteiger partial charge in [-0.25, -0.2) is 9.59 Å². The minimum atomic E-state index is -1.80. The van der Waals surface area contributed by atoms with Crippen LogP contribution in [0.3, 0.4) is 0 Å². The molecular formula is C41H60N8O10. The van der Waals surface area contributed by atoms with Crippen molar-refractivity contribution in [3.8, 4) is 0 Å². The number of allylic oxidation sites excluding steroid dienone is 3. The van der Waals surface area contributed by atoms with Crippen LogP contribution in [0.15, 0.2) is 70.9 Å². The van der Waals surface area contributed by atoms with Crippen LogP contribution in [0.25, 0.3) is 0 Å². The van der Waals surface area contributed by atoms with Crippen molar-refractivity contribution in [3.63, 3.8) is 0 Å². The highest BCUT2D eigenvalue weighted by molar-refractivity contribution is 6.00. The number of carboxylic acid groups (broad SMARTS) is 2. The Hall–Kier alpha value is -6.04. The number of nitrogens with two attached hydrogens (primary N) is 2. The van der Waals surface area contributed by atoms with E-state index in [0.717, 1.165) is 16.0 Å². The third-order valence-corrected chi connectivity index (χ3v) is 10.1. The van der Waals surface area contributed by atoms with E-state index in [1.54, 1.807) is 19.3 Å². The Morgan fingerprint density at radius 2 is 1.61 bits per heavy atom. The van der Waals surface area contributed by atoms with Gasteiger partial charge >= 0.3 is 11.9 Å². The molecule has 1 aliphatic rings. The van der Waals surface area contributed by atoms with E-state index < -0.39 is 83.9 Å². The number of carbonyl (C=O) groups is 7. The second kappa shape index (κ2) is 24.0. The van der Waals surface area contributed by atoms with Crippen LogP contribution >= 0.6 is 0 Å². The van der Waals surface area contributed by atoms with E-state index in [0.29, 0.717) is 6.42 Å². The summed E-state index contributed by atoms with van der Waals surface area (Å²) in [5.74, 6) is -9.91. The number of amides is 5. The molecule has 18 heteroatoms. The average molecular weight is 825 g/mol. The molecule has 0 radical (unpaired) electrons. The largest absolute Gasteiger partial charge is 0.480 e. The number of guanidine groups is 1. The van der Waals surface area contributed by atoms with Gasteiger partial charge in [0.15, 0.2) is 5.96 Å². The van der Waals surface area contributed by atoms with Gasteiger partial charge in [0, 0.05) is 33.0 Å². The number of hydrogen-bond donors (Lipinski definition) is 8. The van der Waals surface area contributed by atoms with Gasteiger partial charge in [-0.05, 0) is 45.1 Å². The average Bonchev–Trinajstić information content (AvgIpc) is 3.19. The van der Waals surface area contributed by atoms with Gasteiger partial charge < -0.3 is 52.6 Å². The van der Waals surface area contributed by atoms with E-state index in [2.05, 4.69) is 26.3 Å². The van der Waals surface area contributed by atoms with Crippen LogP contribution in [0.4, 0.5) is 0 Å². The quantitative estimate of drug-likeness (QED) is 0.0454. The first kappa shape index (κ1) is 49.1. The van der Waals surface area contributed by atoms with E-state index in [1.165, 1.54) is 33.9 Å². The number of benzene rings is 1. The summed E-state index contributed by atoms with van der Waals surface area (Å²) in [6.07, 6.45) is 6.35. The molecule has 10 N–H and O–H groups in total. The van der Waals surface area contributed by atoms with Crippen molar-refractivity contribution in [2.45, 2.75) is 97.0 Å². The molecule has 0 aromatic heterocycles. The number of aliphatic imine (C=N–C) groups is 1. The second-order valence-corrected chi connectivity index (χ2v) is 14.6. The van der Waals surface area contributed by atoms with E-state index in [-0.39, 0.29) is 49.5 Å². The van der Waals surface area contributed by atoms with Crippen LogP contribution in [0.5, 0.6) is 0 Å². The molecule has 324 valence electrons. The lowest BCUT2D eigenvalue weighted by Crippen LogP contribution is -2.56. The summed E-state index contributed by atoms with van der Waals surface area (Å²) >= 11 is 0. The molecule has 0 spiro atoms. The fraction of sp³-hybridized carbons (Fsp3) is 0.512. The fourth-order valence-corrected chi connectivity index (χ4v) is 6.38. The van der Waals surface area contributed by atoms with Crippen molar-refractivity contribution in [1.82, 2.24) is 26.2 Å². The van der Waals surface area contributed by atoms with Gasteiger partial charge in [0.1, 0.15) is 23.8 Å². The zero-order valence-corrected chi connectivity index (χ0v) is 34.8. The van der Waals surface area contributed by atoms with Gasteiger partial charge in [-0.2, -0.15) is 0 Å². The number of hydrogen-bond acceptors (Lipinski definition) is 9. The Labute approximate surface area is 344 Å². The number of carbonyl (C=O) groups excluding carboxylic acids is 5. The van der Waals surface area contributed by atoms with Gasteiger partial charge in [0.05, 0.1) is 24.0 Å². The summed E-state index contributed by atoms with van der Waals surface area (Å²) in [5, 5.41) is 30.2. The standard InChI is InChI=1S/C41H60N8O10/c1-8-31-38(54)48-34(40(57)58)26(5)36(52)46-29(15-12-20-44-41(42)43)37(53)45-28(25(4)35(51)47-30(39(55)56)18-19-33(50)49(31)6)17-16-23(2)21-24(3)32(59-7)22-27-13-10-9-11-14-27/h8-11,13-14,16-17,21,24-26,28-30,32,34H,12,15,18-20,22H2,1-7H3,(H,45,53)(H,46,52)(H,47,51)(H,48,54)(H,55,56)(H,57,58)(H4,42,43,44)/t24-,25-,26-,28-,29?,30+,32-,34?/m1/s1. The van der Waals surface area contributed by atoms with Crippen molar-refractivity contribution >= 4 is 47.4 Å². The van der Waals surface area contributed by atoms with Gasteiger partial charge in [-0.15, -0.1) is 0 Å². The molecule has 2 rings (SSSR count). The smallest absolute Gasteiger partial charge is 0.327 e. The SMILES string of the molecule is CC=C1C(=O)NC(C(=O)O)[C@@H](C)C(=O)NC(CCCN=C(N)N)C(=O)N[C@H](C=CC(C)=C[C@@H](C)[C@@H](Cc2ccccc2)OC)[C@@H](C)C(=O)N[C@H](C(=O)O)CCC(=O)N1C. The molecule has 0 aliphatic carbocycles. The van der Waals surface area contributed by atoms with Gasteiger partial charge in [-0.1, -0.05) is 81.0 Å². The number of ether oxygens (including phenoxy) is 1. The minimum Gasteiger partial charge on any atom is -0.480 e. The highest BCUT2D eigenvalue weighted by Crippen LogP contribution is 2.19. The lowest BCUT2D eigenvalue weighted by atomic mass is 9.94. The van der Waals surface area contributed by atoms with E-state index in [4.69, 9.17) is 16.2 Å². The number of aliphatic carboxylic acids is 2. The molecule has 1 aromatic carbocycles. The summed E-state index contributed by atoms with van der Waals surface area (Å²) in [4.78, 5) is 97.5. The summed E-state index contributed by atoms with van der Waals surface area (Å²) in [7, 11) is 2.88. The number of nitrogens with zero attached hydrogens (tertiary/aromatic N) is 2. The normalized spacial score (nSPS) is 25.1. The third-order valence-electron chi connectivity index (χ3n) is 10.1. The van der Waals surface area contributed by atoms with Gasteiger partial charge in [-0.3, -0.25) is 29.0 Å². The van der Waals surface area contributed by atoms with Crippen LogP contribution < -0.4 is 32.7 Å². The van der Waals surface area contributed by atoms with Crippen LogP contribution in [0, 0.1) is 17.8 Å². The predicted octanol–water partition coefficient (Wildman–Crippen LogP) is 0.973. The molecule has 0 saturated carbocycles. The molecular weight excluding hydrogens is 764 g/mol. The summed E-state index contributed by atoms with van der Waals surface area (Å²) in [6.45, 7) is 8.07. The Balaban J connectivity index is 2.63. The molecule has 0 bridgehead atoms. The Bertz CT molecular complexity index is 1780. The number of nitrogens with one attached hydrogen (secondary N) is 4. The van der Waals surface area contributed by atoms with Crippen molar-refractivity contribution in [2.75, 3.05) is 20.7 Å². The molecule has 1 heterocycles. The number of methoxy groups -OCH3 is 1. The molecule has 18 nitrogen and oxygen atoms in total. The van der Waals surface area contributed by atoms with Crippen LogP contribution in [-0.2, 0) is 44.7 Å². The highest BCUT2D eigenvalue weighted by Gasteiger charge is 2.36. The van der Waals surface area contributed by atoms with Crippen molar-refractivity contribution in [1.29, 1.82) is 0 Å². The zero-order valence-electron chi connectivity index (χ0n) is 34.8. The maximum Gasteiger partial charge on any atom is 0.327 e. The molecule has 1 fully saturated rings. The van der Waals surface area contributed by atoms with E-state index >= 15 is 0 Å². The molecule has 1 aromatic rings. The first-order valence-electron chi connectivity index (χ1n) is 19.4. The molecule has 1 saturated heterocycles. The molecule has 8 atom stereocenters. The monoisotopic (exact) mass is 824 g/mol. The van der Waals surface area contributed by atoms with E-state index in [9.17, 15) is 43.8 Å². The Morgan fingerprint density at radius 3 is 2.19 bits per heavy atom. The zero-order chi connectivity index (χ0) is 44.4. The minimum absolute atomic E-state index is 0.0326. The van der Waals surface area contributed by atoms with Crippen molar-refractivity contribution < 1.29 is 48.5 Å². The summed E-state index contributed by atoms with van der Waals surface area (Å²) in [6, 6.07) is 4.12. The summed E-state index contributed by atoms with van der Waals surface area (Å²) in [5.41, 5.74) is 12.5. The first-order valence-corrected chi connectivity index (χ1v) is 19.4.